The molecule has 0 saturated carbocycles. The van der Waals surface area contributed by atoms with Gasteiger partial charge in [-0.1, -0.05) is 262 Å². The van der Waals surface area contributed by atoms with Gasteiger partial charge < -0.3 is 4.42 Å². The van der Waals surface area contributed by atoms with Crippen LogP contribution < -0.4 is 0 Å². The van der Waals surface area contributed by atoms with Gasteiger partial charge in [0, 0.05) is 16.7 Å². The van der Waals surface area contributed by atoms with Gasteiger partial charge in [-0.3, -0.25) is 0 Å². The molecular weight excluding hydrogens is 953 g/mol. The molecule has 0 saturated heterocycles. The first-order valence-corrected chi connectivity index (χ1v) is 28.2. The lowest BCUT2D eigenvalue weighted by atomic mass is 9.66. The molecule has 1 aromatic heterocycles. The Labute approximate surface area is 463 Å². The highest BCUT2D eigenvalue weighted by molar-refractivity contribution is 6.08. The number of hydrogen-bond acceptors (Lipinski definition) is 1. The van der Waals surface area contributed by atoms with Crippen molar-refractivity contribution in [3.63, 3.8) is 0 Å². The van der Waals surface area contributed by atoms with Crippen molar-refractivity contribution in [1.29, 1.82) is 0 Å². The van der Waals surface area contributed by atoms with Crippen LogP contribution in [0.4, 0.5) is 0 Å². The molecule has 0 N–H and O–H groups in total. The van der Waals surface area contributed by atoms with Crippen LogP contribution >= 0.6 is 0 Å². The molecule has 15 rings (SSSR count). The highest BCUT2D eigenvalue weighted by Gasteiger charge is 2.47. The summed E-state index contributed by atoms with van der Waals surface area (Å²) in [5.74, 6) is 0.551. The fourth-order valence-electron chi connectivity index (χ4n) is 14.3. The van der Waals surface area contributed by atoms with E-state index in [0.717, 1.165) is 30.4 Å². The maximum Gasteiger partial charge on any atom is 0.135 e. The van der Waals surface area contributed by atoms with Crippen LogP contribution in [0.3, 0.4) is 0 Å². The van der Waals surface area contributed by atoms with E-state index in [1.165, 1.54) is 122 Å². The van der Waals surface area contributed by atoms with Crippen LogP contribution in [0.25, 0.3) is 77.2 Å². The number of aryl methyl sites for hydroxylation is 1. The van der Waals surface area contributed by atoms with Crippen LogP contribution in [0, 0.1) is 0 Å². The van der Waals surface area contributed by atoms with E-state index in [2.05, 4.69) is 286 Å². The first-order valence-electron chi connectivity index (χ1n) is 28.2. The highest BCUT2D eigenvalue weighted by atomic mass is 16.3. The van der Waals surface area contributed by atoms with E-state index in [4.69, 9.17) is 4.42 Å². The lowest BCUT2D eigenvalue weighted by Crippen LogP contribution is -2.29. The summed E-state index contributed by atoms with van der Waals surface area (Å²) in [5.41, 5.74) is 25.2. The number of rotatable bonds is 12. The molecule has 12 aromatic carbocycles. The third-order valence-corrected chi connectivity index (χ3v) is 18.0. The lowest BCUT2D eigenvalue weighted by molar-refractivity contribution is 0.574. The molecule has 1 heterocycles. The van der Waals surface area contributed by atoms with Gasteiger partial charge in [-0.15, -0.1) is 0 Å². The van der Waals surface area contributed by atoms with Crippen molar-refractivity contribution in [2.45, 2.75) is 49.4 Å². The molecule has 2 atom stereocenters. The zero-order valence-electron chi connectivity index (χ0n) is 44.3. The number of benzene rings is 12. The Hall–Kier alpha value is -9.30. The van der Waals surface area contributed by atoms with Gasteiger partial charge in [-0.05, 0) is 166 Å². The van der Waals surface area contributed by atoms with Gasteiger partial charge in [0.25, 0.3) is 0 Å². The first-order chi connectivity index (χ1) is 39.1. The average Bonchev–Trinajstić information content (AvgIpc) is 4.35. The Balaban J connectivity index is 0.892. The molecule has 0 amide bonds. The minimum absolute atomic E-state index is 0.148. The Bertz CT molecular complexity index is 4270. The van der Waals surface area contributed by atoms with Crippen LogP contribution in [0.5, 0.6) is 0 Å². The quantitative estimate of drug-likeness (QED) is 0.119. The van der Waals surface area contributed by atoms with E-state index in [0.29, 0.717) is 0 Å². The maximum atomic E-state index is 6.56. The number of furan rings is 1. The Morgan fingerprint density at radius 2 is 0.962 bits per heavy atom. The van der Waals surface area contributed by atoms with Crippen LogP contribution in [-0.2, 0) is 18.3 Å². The molecule has 0 fully saturated rings. The molecule has 13 aromatic rings. The van der Waals surface area contributed by atoms with E-state index in [1.807, 2.05) is 0 Å². The fourth-order valence-corrected chi connectivity index (χ4v) is 14.3. The van der Waals surface area contributed by atoms with Crippen molar-refractivity contribution in [3.05, 3.63) is 335 Å². The molecule has 0 spiro atoms. The van der Waals surface area contributed by atoms with Crippen LogP contribution in [-0.4, -0.2) is 0 Å². The second kappa shape index (κ2) is 19.3. The summed E-state index contributed by atoms with van der Waals surface area (Å²) in [6, 6.07) is 105. The Morgan fingerprint density at radius 1 is 0.418 bits per heavy atom. The summed E-state index contributed by atoms with van der Waals surface area (Å²) in [6.45, 7) is 2.46. The van der Waals surface area contributed by atoms with Gasteiger partial charge in [0.15, 0.2) is 0 Å². The normalized spacial score (nSPS) is 14.0. The Kier molecular flexibility index (Phi) is 11.5. The van der Waals surface area contributed by atoms with Crippen LogP contribution in [0.2, 0.25) is 0 Å². The summed E-state index contributed by atoms with van der Waals surface area (Å²) in [7, 11) is 0. The minimum atomic E-state index is -0.592. The first kappa shape index (κ1) is 47.0. The fraction of sp³-hybridized carbons (Fsp3) is 0.103. The number of hydrogen-bond donors (Lipinski definition) is 0. The predicted octanol–water partition coefficient (Wildman–Crippen LogP) is 20.3. The molecule has 0 aliphatic heterocycles. The summed E-state index contributed by atoms with van der Waals surface area (Å²) in [5, 5.41) is 5.05. The smallest absolute Gasteiger partial charge is 0.135 e. The molecule has 79 heavy (non-hydrogen) atoms. The third-order valence-electron chi connectivity index (χ3n) is 18.0. The van der Waals surface area contributed by atoms with E-state index < -0.39 is 5.41 Å². The molecule has 1 nitrogen and oxygen atoms in total. The van der Waals surface area contributed by atoms with Gasteiger partial charge >= 0.3 is 0 Å². The summed E-state index contributed by atoms with van der Waals surface area (Å²) in [4.78, 5) is 0. The molecule has 0 bridgehead atoms. The molecular formula is C78H58O. The lowest BCUT2D eigenvalue weighted by Gasteiger charge is -2.35. The molecule has 376 valence electrons. The number of para-hydroxylation sites is 1. The van der Waals surface area contributed by atoms with Crippen molar-refractivity contribution in [2.75, 3.05) is 0 Å². The summed E-state index contributed by atoms with van der Waals surface area (Å²) >= 11 is 0. The van der Waals surface area contributed by atoms with Crippen molar-refractivity contribution in [2.24, 2.45) is 0 Å². The number of fused-ring (bicyclic) bond motifs is 11. The summed E-state index contributed by atoms with van der Waals surface area (Å²) < 4.78 is 6.56. The van der Waals surface area contributed by atoms with Crippen molar-refractivity contribution in [3.8, 4) is 44.5 Å². The van der Waals surface area contributed by atoms with E-state index in [9.17, 15) is 0 Å². The summed E-state index contributed by atoms with van der Waals surface area (Å²) in [6.07, 6.45) is 2.80. The monoisotopic (exact) mass is 1010 g/mol. The zero-order chi connectivity index (χ0) is 52.4. The molecule has 2 aliphatic carbocycles. The minimum Gasteiger partial charge on any atom is -0.456 e. The topological polar surface area (TPSA) is 13.1 Å². The molecule has 1 heteroatoms. The Morgan fingerprint density at radius 3 is 1.59 bits per heavy atom. The zero-order valence-corrected chi connectivity index (χ0v) is 44.3. The molecule has 2 aliphatic rings. The van der Waals surface area contributed by atoms with E-state index in [-0.39, 0.29) is 17.8 Å². The average molecular weight is 1010 g/mol. The highest BCUT2D eigenvalue weighted by Crippen LogP contribution is 2.60. The van der Waals surface area contributed by atoms with Gasteiger partial charge in [0.1, 0.15) is 11.2 Å². The standard InChI is InChI=1S/C78H58O/c1-51(69(46-52-22-7-2-8-23-52)66-35-21-37-75-77(66)68-34-19-20-36-74(68)79-75)55-38-45-67-72(49-55)78(59-28-13-5-14-29-59,60-30-15-6-16-31-60)73-50-58(61-32-17-18-33-65(61)76(67)73)41-44-62-63-42-39-56(53-24-9-3-10-25-53)47-70(63)71-48-57(40-43-64(62)71)54-26-11-4-12-27-54/h2-40,42-43,45,47-51,62,69H,41,44,46H2,1H3. The third kappa shape index (κ3) is 7.74. The van der Waals surface area contributed by atoms with Crippen molar-refractivity contribution in [1.82, 2.24) is 0 Å². The van der Waals surface area contributed by atoms with Crippen molar-refractivity contribution >= 4 is 32.7 Å². The second-order valence-corrected chi connectivity index (χ2v) is 22.1. The van der Waals surface area contributed by atoms with Gasteiger partial charge in [0.2, 0.25) is 0 Å². The molecule has 0 radical (unpaired) electrons. The van der Waals surface area contributed by atoms with Crippen LogP contribution in [0.15, 0.2) is 283 Å². The SMILES string of the molecule is CC(c1ccc2c(c1)C(c1ccccc1)(c1ccccc1)c1cc(CCC3c4ccc(-c5ccccc5)cc4-c4cc(-c5ccccc5)ccc43)c3ccccc3c1-2)C(Cc1ccccc1)c1cccc2oc3ccccc3c12. The largest absolute Gasteiger partial charge is 0.456 e. The van der Waals surface area contributed by atoms with E-state index in [1.54, 1.807) is 0 Å². The van der Waals surface area contributed by atoms with Gasteiger partial charge in [-0.25, -0.2) is 0 Å². The predicted molar refractivity (Wildman–Crippen MR) is 329 cm³/mol. The maximum absolute atomic E-state index is 6.56. The van der Waals surface area contributed by atoms with Crippen LogP contribution in [0.1, 0.15) is 86.7 Å². The van der Waals surface area contributed by atoms with Gasteiger partial charge in [-0.2, -0.15) is 0 Å². The molecule has 2 unspecified atom stereocenters. The van der Waals surface area contributed by atoms with Gasteiger partial charge in [0.05, 0.1) is 5.41 Å². The van der Waals surface area contributed by atoms with E-state index >= 15 is 0 Å². The second-order valence-electron chi connectivity index (χ2n) is 22.1. The van der Waals surface area contributed by atoms with Crippen molar-refractivity contribution < 1.29 is 4.42 Å².